The molecule has 0 aliphatic heterocycles. The van der Waals surface area contributed by atoms with Gasteiger partial charge < -0.3 is 11.1 Å². The molecular weight excluding hydrogens is 250 g/mol. The molecule has 4 N–H and O–H groups in total. The van der Waals surface area contributed by atoms with Crippen molar-refractivity contribution in [2.45, 2.75) is 33.7 Å². The van der Waals surface area contributed by atoms with Gasteiger partial charge in [0.25, 0.3) is 0 Å². The summed E-state index contributed by atoms with van der Waals surface area (Å²) < 4.78 is 0. The Bertz CT molecular complexity index is 593. The number of benzene rings is 1. The lowest BCUT2D eigenvalue weighted by Gasteiger charge is -2.07. The van der Waals surface area contributed by atoms with Gasteiger partial charge in [0.1, 0.15) is 0 Å². The number of aliphatic imine (C=N–C) groups is 1. The molecule has 2 aromatic rings. The van der Waals surface area contributed by atoms with Crippen LogP contribution in [0.5, 0.6) is 0 Å². The highest BCUT2D eigenvalue weighted by Gasteiger charge is 2.05. The highest BCUT2D eigenvalue weighted by Crippen LogP contribution is 2.12. The Kier molecular flexibility index (Phi) is 4.40. The Hall–Kier alpha value is -2.30. The molecule has 0 bridgehead atoms. The van der Waals surface area contributed by atoms with Crippen molar-refractivity contribution < 1.29 is 0 Å². The predicted molar refractivity (Wildman–Crippen MR) is 82.8 cm³/mol. The maximum Gasteiger partial charge on any atom is 0.193 e. The summed E-state index contributed by atoms with van der Waals surface area (Å²) in [6, 6.07) is 8.17. The number of nitrogens with one attached hydrogen (secondary N) is 2. The van der Waals surface area contributed by atoms with Crippen molar-refractivity contribution in [3.8, 4) is 0 Å². The van der Waals surface area contributed by atoms with Gasteiger partial charge in [-0.2, -0.15) is 5.10 Å². The third-order valence-corrected chi connectivity index (χ3v) is 3.30. The second kappa shape index (κ2) is 6.23. The van der Waals surface area contributed by atoms with E-state index in [1.807, 2.05) is 26.0 Å². The Morgan fingerprint density at radius 1 is 1.40 bits per heavy atom. The highest BCUT2D eigenvalue weighted by molar-refractivity contribution is 5.92. The maximum absolute atomic E-state index is 5.92. The third-order valence-electron chi connectivity index (χ3n) is 3.30. The van der Waals surface area contributed by atoms with E-state index in [9.17, 15) is 0 Å². The maximum atomic E-state index is 5.92. The van der Waals surface area contributed by atoms with Crippen molar-refractivity contribution in [2.24, 2.45) is 10.7 Å². The molecular formula is C15H21N5. The monoisotopic (exact) mass is 271 g/mol. The van der Waals surface area contributed by atoms with Crippen LogP contribution in [0.2, 0.25) is 0 Å². The number of rotatable bonds is 4. The molecule has 5 heteroatoms. The van der Waals surface area contributed by atoms with Crippen LogP contribution in [0, 0.1) is 13.8 Å². The first kappa shape index (κ1) is 14.1. The highest BCUT2D eigenvalue weighted by atomic mass is 15.1. The normalized spacial score (nSPS) is 11.7. The second-order valence-electron chi connectivity index (χ2n) is 4.79. The minimum absolute atomic E-state index is 0.415. The van der Waals surface area contributed by atoms with Crippen LogP contribution in [0.4, 0.5) is 5.69 Å². The summed E-state index contributed by atoms with van der Waals surface area (Å²) >= 11 is 0. The molecule has 0 atom stereocenters. The van der Waals surface area contributed by atoms with E-state index in [1.54, 1.807) is 0 Å². The first-order valence-electron chi connectivity index (χ1n) is 6.76. The minimum Gasteiger partial charge on any atom is -0.370 e. The smallest absolute Gasteiger partial charge is 0.193 e. The van der Waals surface area contributed by atoms with Gasteiger partial charge in [-0.25, -0.2) is 4.99 Å². The zero-order chi connectivity index (χ0) is 14.5. The molecule has 1 aromatic heterocycles. The Balaban J connectivity index is 2.04. The minimum atomic E-state index is 0.415. The van der Waals surface area contributed by atoms with Crippen LogP contribution in [0.25, 0.3) is 0 Å². The van der Waals surface area contributed by atoms with Crippen molar-refractivity contribution in [3.05, 3.63) is 46.8 Å². The summed E-state index contributed by atoms with van der Waals surface area (Å²) in [6.07, 6.45) is 1.000. The molecule has 2 rings (SSSR count). The van der Waals surface area contributed by atoms with Gasteiger partial charge in [-0.05, 0) is 38.0 Å². The molecule has 0 amide bonds. The summed E-state index contributed by atoms with van der Waals surface area (Å²) in [5.74, 6) is 0.415. The van der Waals surface area contributed by atoms with Gasteiger partial charge in [-0.3, -0.25) is 5.10 Å². The topological polar surface area (TPSA) is 79.1 Å². The van der Waals surface area contributed by atoms with Gasteiger partial charge in [-0.1, -0.05) is 19.1 Å². The SMILES string of the molecule is CCc1cccc(NC(N)=NCc2c(C)n[nH]c2C)c1. The lowest BCUT2D eigenvalue weighted by atomic mass is 10.1. The number of hydrogen-bond donors (Lipinski definition) is 3. The zero-order valence-corrected chi connectivity index (χ0v) is 12.2. The fourth-order valence-corrected chi connectivity index (χ4v) is 2.03. The first-order valence-corrected chi connectivity index (χ1v) is 6.76. The first-order chi connectivity index (χ1) is 9.60. The van der Waals surface area contributed by atoms with Crippen LogP contribution >= 0.6 is 0 Å². The average Bonchev–Trinajstić information content (AvgIpc) is 2.76. The van der Waals surface area contributed by atoms with Gasteiger partial charge in [0.2, 0.25) is 0 Å². The van der Waals surface area contributed by atoms with Crippen LogP contribution in [-0.4, -0.2) is 16.2 Å². The summed E-state index contributed by atoms with van der Waals surface area (Å²) in [5.41, 5.74) is 11.2. The standard InChI is InChI=1S/C15H21N5/c1-4-12-6-5-7-13(8-12)18-15(16)17-9-14-10(2)19-20-11(14)3/h5-8H,4,9H2,1-3H3,(H,19,20)(H3,16,17,18). The number of nitrogens with two attached hydrogens (primary N) is 1. The van der Waals surface area contributed by atoms with E-state index < -0.39 is 0 Å². The lowest BCUT2D eigenvalue weighted by Crippen LogP contribution is -2.22. The van der Waals surface area contributed by atoms with Crippen molar-refractivity contribution in [1.29, 1.82) is 0 Å². The number of guanidine groups is 1. The van der Waals surface area contributed by atoms with E-state index in [2.05, 4.69) is 39.6 Å². The van der Waals surface area contributed by atoms with Crippen molar-refractivity contribution in [1.82, 2.24) is 10.2 Å². The molecule has 0 radical (unpaired) electrons. The third kappa shape index (κ3) is 3.38. The number of H-pyrrole nitrogens is 1. The van der Waals surface area contributed by atoms with Crippen molar-refractivity contribution in [2.75, 3.05) is 5.32 Å². The number of aromatic nitrogens is 2. The molecule has 0 saturated carbocycles. The molecule has 0 spiro atoms. The van der Waals surface area contributed by atoms with Gasteiger partial charge in [0.15, 0.2) is 5.96 Å². The summed E-state index contributed by atoms with van der Waals surface area (Å²) in [4.78, 5) is 4.36. The summed E-state index contributed by atoms with van der Waals surface area (Å²) in [5, 5.41) is 10.2. The lowest BCUT2D eigenvalue weighted by molar-refractivity contribution is 1.02. The fourth-order valence-electron chi connectivity index (χ4n) is 2.03. The summed E-state index contributed by atoms with van der Waals surface area (Å²) in [7, 11) is 0. The Morgan fingerprint density at radius 3 is 2.85 bits per heavy atom. The number of aromatic amines is 1. The van der Waals surface area contributed by atoms with Crippen LogP contribution < -0.4 is 11.1 Å². The van der Waals surface area contributed by atoms with E-state index in [1.165, 1.54) is 5.56 Å². The molecule has 106 valence electrons. The van der Waals surface area contributed by atoms with Gasteiger partial charge in [0.05, 0.1) is 12.2 Å². The number of anilines is 1. The molecule has 0 saturated heterocycles. The molecule has 20 heavy (non-hydrogen) atoms. The molecule has 5 nitrogen and oxygen atoms in total. The Morgan fingerprint density at radius 2 is 2.20 bits per heavy atom. The molecule has 0 aliphatic rings. The second-order valence-corrected chi connectivity index (χ2v) is 4.79. The van der Waals surface area contributed by atoms with Crippen molar-refractivity contribution in [3.63, 3.8) is 0 Å². The van der Waals surface area contributed by atoms with E-state index in [0.717, 1.165) is 29.1 Å². The molecule has 1 aromatic carbocycles. The summed E-state index contributed by atoms with van der Waals surface area (Å²) in [6.45, 7) is 6.60. The number of hydrogen-bond acceptors (Lipinski definition) is 2. The van der Waals surface area contributed by atoms with E-state index in [4.69, 9.17) is 5.73 Å². The molecule has 0 aliphatic carbocycles. The van der Waals surface area contributed by atoms with Crippen molar-refractivity contribution >= 4 is 11.6 Å². The van der Waals surface area contributed by atoms with Gasteiger partial charge in [-0.15, -0.1) is 0 Å². The van der Waals surface area contributed by atoms with E-state index in [-0.39, 0.29) is 0 Å². The number of nitrogens with zero attached hydrogens (tertiary/aromatic N) is 2. The number of aryl methyl sites for hydroxylation is 3. The average molecular weight is 271 g/mol. The molecule has 0 unspecified atom stereocenters. The largest absolute Gasteiger partial charge is 0.370 e. The molecule has 0 fully saturated rings. The quantitative estimate of drug-likeness (QED) is 0.590. The Labute approximate surface area is 119 Å². The molecule has 1 heterocycles. The predicted octanol–water partition coefficient (Wildman–Crippen LogP) is 2.52. The zero-order valence-electron chi connectivity index (χ0n) is 12.2. The van der Waals surface area contributed by atoms with Crippen LogP contribution in [0.3, 0.4) is 0 Å². The fraction of sp³-hybridized carbons (Fsp3) is 0.333. The van der Waals surface area contributed by atoms with E-state index in [0.29, 0.717) is 12.5 Å². The van der Waals surface area contributed by atoms with Crippen LogP contribution in [0.1, 0.15) is 29.4 Å². The van der Waals surface area contributed by atoms with Gasteiger partial charge >= 0.3 is 0 Å². The van der Waals surface area contributed by atoms with Crippen LogP contribution in [-0.2, 0) is 13.0 Å². The van der Waals surface area contributed by atoms with E-state index >= 15 is 0 Å². The van der Waals surface area contributed by atoms with Crippen LogP contribution in [0.15, 0.2) is 29.3 Å². The van der Waals surface area contributed by atoms with Gasteiger partial charge in [0, 0.05) is 16.9 Å².